The molecular formula is C13H14Cl2O. The lowest BCUT2D eigenvalue weighted by Crippen LogP contribution is -1.79. The maximum absolute atomic E-state index is 9.52. The first-order valence-corrected chi connectivity index (χ1v) is 5.92. The van der Waals surface area contributed by atoms with Crippen molar-refractivity contribution in [2.75, 3.05) is 0 Å². The maximum Gasteiger partial charge on any atom is 0.119 e. The molecule has 0 fully saturated rings. The predicted octanol–water partition coefficient (Wildman–Crippen LogP) is 5.19. The van der Waals surface area contributed by atoms with E-state index >= 15 is 0 Å². The number of fused-ring (bicyclic) bond motifs is 1. The summed E-state index contributed by atoms with van der Waals surface area (Å²) in [6.45, 7) is 5.84. The van der Waals surface area contributed by atoms with Gasteiger partial charge in [-0.2, -0.15) is 0 Å². The summed E-state index contributed by atoms with van der Waals surface area (Å²) in [6.07, 6.45) is 0. The lowest BCUT2D eigenvalue weighted by atomic mass is 10.1. The highest BCUT2D eigenvalue weighted by molar-refractivity contribution is 6.38. The Morgan fingerprint density at radius 2 is 1.62 bits per heavy atom. The number of benzene rings is 2. The standard InChI is InChI=1S/C11H8Cl2O.C2H6/c1-6-2-7-3-8(12)4-10(13)9(7)5-11(6)14;1-2/h2-5,14H,1H3;1-2H3. The van der Waals surface area contributed by atoms with Gasteiger partial charge in [-0.1, -0.05) is 37.0 Å². The Kier molecular flexibility index (Phi) is 4.45. The first kappa shape index (κ1) is 13.1. The summed E-state index contributed by atoms with van der Waals surface area (Å²) in [5.74, 6) is 0.252. The first-order chi connectivity index (χ1) is 7.58. The molecule has 0 spiro atoms. The molecule has 2 rings (SSSR count). The minimum atomic E-state index is 0.252. The molecule has 2 aromatic carbocycles. The average Bonchev–Trinajstić information content (AvgIpc) is 2.24. The van der Waals surface area contributed by atoms with Crippen molar-refractivity contribution in [1.82, 2.24) is 0 Å². The highest BCUT2D eigenvalue weighted by atomic mass is 35.5. The minimum absolute atomic E-state index is 0.252. The van der Waals surface area contributed by atoms with Gasteiger partial charge in [0.1, 0.15) is 5.75 Å². The Hall–Kier alpha value is -0.920. The monoisotopic (exact) mass is 256 g/mol. The van der Waals surface area contributed by atoms with Gasteiger partial charge in [0.25, 0.3) is 0 Å². The van der Waals surface area contributed by atoms with Gasteiger partial charge >= 0.3 is 0 Å². The fourth-order valence-electron chi connectivity index (χ4n) is 1.43. The van der Waals surface area contributed by atoms with Crippen LogP contribution in [0, 0.1) is 6.92 Å². The van der Waals surface area contributed by atoms with E-state index in [1.807, 2.05) is 32.9 Å². The van der Waals surface area contributed by atoms with Crippen molar-refractivity contribution in [2.45, 2.75) is 20.8 Å². The molecule has 0 aliphatic heterocycles. The second-order valence-corrected chi connectivity index (χ2v) is 4.09. The molecule has 0 aromatic heterocycles. The number of aryl methyl sites for hydroxylation is 1. The Labute approximate surface area is 106 Å². The Morgan fingerprint density at radius 1 is 1.00 bits per heavy atom. The molecule has 0 aliphatic rings. The van der Waals surface area contributed by atoms with Gasteiger partial charge in [-0.25, -0.2) is 0 Å². The Morgan fingerprint density at radius 3 is 2.25 bits per heavy atom. The molecule has 0 saturated heterocycles. The second kappa shape index (κ2) is 5.42. The number of phenols is 1. The van der Waals surface area contributed by atoms with Crippen LogP contribution in [0.5, 0.6) is 5.75 Å². The van der Waals surface area contributed by atoms with E-state index in [-0.39, 0.29) is 5.75 Å². The number of hydrogen-bond acceptors (Lipinski definition) is 1. The van der Waals surface area contributed by atoms with Crippen LogP contribution in [-0.2, 0) is 0 Å². The summed E-state index contributed by atoms with van der Waals surface area (Å²) in [4.78, 5) is 0. The van der Waals surface area contributed by atoms with Crippen molar-refractivity contribution in [3.8, 4) is 5.75 Å². The molecule has 16 heavy (non-hydrogen) atoms. The van der Waals surface area contributed by atoms with Crippen LogP contribution in [0.4, 0.5) is 0 Å². The highest BCUT2D eigenvalue weighted by Crippen LogP contribution is 2.32. The van der Waals surface area contributed by atoms with Crippen molar-refractivity contribution in [3.05, 3.63) is 39.9 Å². The molecule has 0 atom stereocenters. The Bertz CT molecular complexity index is 507. The molecule has 0 aliphatic carbocycles. The molecule has 0 bridgehead atoms. The molecule has 86 valence electrons. The summed E-state index contributed by atoms with van der Waals surface area (Å²) in [5.41, 5.74) is 0.816. The minimum Gasteiger partial charge on any atom is -0.508 e. The molecule has 2 aromatic rings. The summed E-state index contributed by atoms with van der Waals surface area (Å²) in [7, 11) is 0. The van der Waals surface area contributed by atoms with Crippen molar-refractivity contribution < 1.29 is 5.11 Å². The van der Waals surface area contributed by atoms with Crippen molar-refractivity contribution in [3.63, 3.8) is 0 Å². The van der Waals surface area contributed by atoms with Crippen LogP contribution in [0.15, 0.2) is 24.3 Å². The second-order valence-electron chi connectivity index (χ2n) is 3.25. The zero-order valence-electron chi connectivity index (χ0n) is 9.51. The molecule has 0 saturated carbocycles. The molecule has 0 radical (unpaired) electrons. The normalized spacial score (nSPS) is 9.81. The third-order valence-electron chi connectivity index (χ3n) is 2.18. The topological polar surface area (TPSA) is 20.2 Å². The molecule has 3 heteroatoms. The molecular weight excluding hydrogens is 243 g/mol. The van der Waals surface area contributed by atoms with Crippen LogP contribution in [0.3, 0.4) is 0 Å². The van der Waals surface area contributed by atoms with E-state index in [9.17, 15) is 5.11 Å². The summed E-state index contributed by atoms with van der Waals surface area (Å²) < 4.78 is 0. The fourth-order valence-corrected chi connectivity index (χ4v) is 2.00. The van der Waals surface area contributed by atoms with Gasteiger partial charge in [0.2, 0.25) is 0 Å². The predicted molar refractivity (Wildman–Crippen MR) is 71.7 cm³/mol. The third kappa shape index (κ3) is 2.60. The lowest BCUT2D eigenvalue weighted by molar-refractivity contribution is 0.472. The Balaban J connectivity index is 0.000000606. The maximum atomic E-state index is 9.52. The van der Waals surface area contributed by atoms with E-state index in [0.29, 0.717) is 10.0 Å². The van der Waals surface area contributed by atoms with E-state index < -0.39 is 0 Å². The molecule has 0 amide bonds. The lowest BCUT2D eigenvalue weighted by Gasteiger charge is -2.05. The van der Waals surface area contributed by atoms with Gasteiger partial charge in [0, 0.05) is 10.4 Å². The number of aromatic hydroxyl groups is 1. The molecule has 1 nitrogen and oxygen atoms in total. The van der Waals surface area contributed by atoms with Crippen molar-refractivity contribution in [1.29, 1.82) is 0 Å². The molecule has 1 N–H and O–H groups in total. The van der Waals surface area contributed by atoms with Crippen LogP contribution in [-0.4, -0.2) is 5.11 Å². The van der Waals surface area contributed by atoms with Gasteiger partial charge in [-0.3, -0.25) is 0 Å². The largest absolute Gasteiger partial charge is 0.508 e. The van der Waals surface area contributed by atoms with Crippen LogP contribution in [0.1, 0.15) is 19.4 Å². The molecule has 0 unspecified atom stereocenters. The van der Waals surface area contributed by atoms with E-state index in [0.717, 1.165) is 16.3 Å². The van der Waals surface area contributed by atoms with E-state index in [4.69, 9.17) is 23.2 Å². The van der Waals surface area contributed by atoms with Crippen molar-refractivity contribution in [2.24, 2.45) is 0 Å². The van der Waals surface area contributed by atoms with Crippen molar-refractivity contribution >= 4 is 34.0 Å². The van der Waals surface area contributed by atoms with E-state index in [2.05, 4.69) is 0 Å². The van der Waals surface area contributed by atoms with Crippen LogP contribution in [0.25, 0.3) is 10.8 Å². The van der Waals surface area contributed by atoms with Gasteiger partial charge in [0.05, 0.1) is 5.02 Å². The van der Waals surface area contributed by atoms with Crippen LogP contribution < -0.4 is 0 Å². The van der Waals surface area contributed by atoms with Crippen LogP contribution in [0.2, 0.25) is 10.0 Å². The number of halogens is 2. The summed E-state index contributed by atoms with van der Waals surface area (Å²) in [6, 6.07) is 7.02. The van der Waals surface area contributed by atoms with Gasteiger partial charge in [-0.15, -0.1) is 0 Å². The summed E-state index contributed by atoms with van der Waals surface area (Å²) in [5, 5.41) is 12.4. The number of hydrogen-bond donors (Lipinski definition) is 1. The fraction of sp³-hybridized carbons (Fsp3) is 0.231. The van der Waals surface area contributed by atoms with Gasteiger partial charge in [-0.05, 0) is 42.1 Å². The van der Waals surface area contributed by atoms with E-state index in [1.54, 1.807) is 12.1 Å². The van der Waals surface area contributed by atoms with E-state index in [1.165, 1.54) is 0 Å². The smallest absolute Gasteiger partial charge is 0.119 e. The number of phenolic OH excluding ortho intramolecular Hbond substituents is 1. The van der Waals surface area contributed by atoms with Gasteiger partial charge in [0.15, 0.2) is 0 Å². The first-order valence-electron chi connectivity index (χ1n) is 5.16. The number of rotatable bonds is 0. The van der Waals surface area contributed by atoms with Gasteiger partial charge < -0.3 is 5.11 Å². The average molecular weight is 257 g/mol. The zero-order valence-corrected chi connectivity index (χ0v) is 11.0. The third-order valence-corrected chi connectivity index (χ3v) is 2.71. The van der Waals surface area contributed by atoms with Crippen LogP contribution >= 0.6 is 23.2 Å². The SMILES string of the molecule is CC.Cc1cc2cc(Cl)cc(Cl)c2cc1O. The quantitative estimate of drug-likeness (QED) is 0.688. The zero-order chi connectivity index (χ0) is 12.3. The molecule has 0 heterocycles. The summed E-state index contributed by atoms with van der Waals surface area (Å²) >= 11 is 11.9. The highest BCUT2D eigenvalue weighted by Gasteiger charge is 2.04.